The molecule has 3 nitrogen and oxygen atoms in total. The summed E-state index contributed by atoms with van der Waals surface area (Å²) in [7, 11) is 0. The molecule has 0 amide bonds. The van der Waals surface area contributed by atoms with Crippen LogP contribution >= 0.6 is 0 Å². The van der Waals surface area contributed by atoms with Gasteiger partial charge in [-0.15, -0.1) is 0 Å². The third kappa shape index (κ3) is 3.57. The lowest BCUT2D eigenvalue weighted by atomic mass is 10.2. The summed E-state index contributed by atoms with van der Waals surface area (Å²) in [6.07, 6.45) is 1.99. The fourth-order valence-electron chi connectivity index (χ4n) is 2.41. The fourth-order valence-corrected chi connectivity index (χ4v) is 2.41. The van der Waals surface area contributed by atoms with Crippen molar-refractivity contribution >= 4 is 5.84 Å². The van der Waals surface area contributed by atoms with Crippen LogP contribution in [-0.4, -0.2) is 41.8 Å². The smallest absolute Gasteiger partial charge is 0.0958 e. The first-order chi connectivity index (χ1) is 8.79. The zero-order valence-electron chi connectivity index (χ0n) is 11.2. The zero-order valence-corrected chi connectivity index (χ0v) is 11.2. The van der Waals surface area contributed by atoms with Gasteiger partial charge in [0.1, 0.15) is 0 Å². The van der Waals surface area contributed by atoms with Gasteiger partial charge in [-0.3, -0.25) is 10.3 Å². The summed E-state index contributed by atoms with van der Waals surface area (Å²) in [4.78, 5) is 4.70. The van der Waals surface area contributed by atoms with Crippen molar-refractivity contribution in [3.8, 4) is 0 Å². The molecule has 0 atom stereocenters. The molecule has 0 radical (unpaired) electrons. The molecule has 0 aromatic heterocycles. The van der Waals surface area contributed by atoms with E-state index in [0.717, 1.165) is 51.4 Å². The van der Waals surface area contributed by atoms with E-state index < -0.39 is 0 Å². The van der Waals surface area contributed by atoms with Gasteiger partial charge in [-0.2, -0.15) is 0 Å². The minimum Gasteiger partial charge on any atom is -0.358 e. The van der Waals surface area contributed by atoms with Gasteiger partial charge in [0.15, 0.2) is 0 Å². The van der Waals surface area contributed by atoms with Crippen LogP contribution in [0.4, 0.5) is 0 Å². The van der Waals surface area contributed by atoms with Crippen LogP contribution < -0.4 is 0 Å². The molecule has 1 aromatic carbocycles. The molecule has 1 N–H and O–H groups in total. The number of nitrogens with one attached hydrogen (secondary N) is 1. The van der Waals surface area contributed by atoms with E-state index in [1.165, 1.54) is 5.56 Å². The summed E-state index contributed by atoms with van der Waals surface area (Å²) in [5, 5.41) is 7.98. The maximum Gasteiger partial charge on any atom is 0.0958 e. The van der Waals surface area contributed by atoms with Gasteiger partial charge in [0, 0.05) is 39.1 Å². The summed E-state index contributed by atoms with van der Waals surface area (Å²) in [5.74, 6) is 0.817. The lowest BCUT2D eigenvalue weighted by molar-refractivity contribution is 0.173. The van der Waals surface area contributed by atoms with Crippen LogP contribution in [0.2, 0.25) is 0 Å². The lowest BCUT2D eigenvalue weighted by Crippen LogP contribution is -2.48. The van der Waals surface area contributed by atoms with Crippen molar-refractivity contribution in [2.24, 2.45) is 0 Å². The van der Waals surface area contributed by atoms with E-state index >= 15 is 0 Å². The van der Waals surface area contributed by atoms with Gasteiger partial charge in [0.25, 0.3) is 0 Å². The largest absolute Gasteiger partial charge is 0.358 e. The number of nitrogens with zero attached hydrogens (tertiary/aromatic N) is 2. The van der Waals surface area contributed by atoms with Crippen molar-refractivity contribution in [2.45, 2.75) is 26.3 Å². The third-order valence-electron chi connectivity index (χ3n) is 3.49. The molecule has 1 aliphatic heterocycles. The second kappa shape index (κ2) is 6.55. The highest BCUT2D eigenvalue weighted by Crippen LogP contribution is 2.09. The van der Waals surface area contributed by atoms with Crippen molar-refractivity contribution in [3.05, 3.63) is 35.9 Å². The number of hydrogen-bond donors (Lipinski definition) is 1. The van der Waals surface area contributed by atoms with E-state index in [9.17, 15) is 0 Å². The van der Waals surface area contributed by atoms with Crippen LogP contribution in [0.15, 0.2) is 30.3 Å². The summed E-state index contributed by atoms with van der Waals surface area (Å²) < 4.78 is 0. The number of hydrogen-bond acceptors (Lipinski definition) is 2. The summed E-state index contributed by atoms with van der Waals surface area (Å²) >= 11 is 0. The van der Waals surface area contributed by atoms with Crippen LogP contribution in [0.25, 0.3) is 0 Å². The molecule has 0 bridgehead atoms. The normalized spacial score (nSPS) is 16.8. The molecule has 18 heavy (non-hydrogen) atoms. The number of piperazine rings is 1. The average Bonchev–Trinajstić information content (AvgIpc) is 2.41. The molecule has 98 valence electrons. The summed E-state index contributed by atoms with van der Waals surface area (Å²) in [5.41, 5.74) is 1.38. The van der Waals surface area contributed by atoms with Crippen molar-refractivity contribution in [3.63, 3.8) is 0 Å². The van der Waals surface area contributed by atoms with Gasteiger partial charge in [-0.25, -0.2) is 0 Å². The predicted octanol–water partition coefficient (Wildman–Crippen LogP) is 2.58. The van der Waals surface area contributed by atoms with Crippen molar-refractivity contribution in [1.29, 1.82) is 5.41 Å². The van der Waals surface area contributed by atoms with E-state index in [1.54, 1.807) is 0 Å². The predicted molar refractivity (Wildman–Crippen MR) is 75.9 cm³/mol. The fraction of sp³-hybridized carbons (Fsp3) is 0.533. The third-order valence-corrected chi connectivity index (χ3v) is 3.49. The van der Waals surface area contributed by atoms with E-state index in [0.29, 0.717) is 0 Å². The molecule has 2 rings (SSSR count). The Morgan fingerprint density at radius 2 is 1.78 bits per heavy atom. The highest BCUT2D eigenvalue weighted by molar-refractivity contribution is 5.79. The molecular formula is C15H23N3. The van der Waals surface area contributed by atoms with Gasteiger partial charge >= 0.3 is 0 Å². The van der Waals surface area contributed by atoms with Gasteiger partial charge < -0.3 is 4.90 Å². The SMILES string of the molecule is CCCC(=N)N1CCN(Cc2ccccc2)CC1. The Morgan fingerprint density at radius 1 is 1.11 bits per heavy atom. The Labute approximate surface area is 110 Å². The molecule has 1 fully saturated rings. The molecule has 1 saturated heterocycles. The molecule has 1 aliphatic rings. The number of rotatable bonds is 4. The summed E-state index contributed by atoms with van der Waals surface area (Å²) in [6.45, 7) is 7.33. The Balaban J connectivity index is 1.78. The van der Waals surface area contributed by atoms with Crippen LogP contribution in [0.1, 0.15) is 25.3 Å². The molecular weight excluding hydrogens is 222 g/mol. The van der Waals surface area contributed by atoms with E-state index in [4.69, 9.17) is 5.41 Å². The Hall–Kier alpha value is -1.35. The van der Waals surface area contributed by atoms with Gasteiger partial charge in [-0.1, -0.05) is 37.3 Å². The van der Waals surface area contributed by atoms with Crippen molar-refractivity contribution in [2.75, 3.05) is 26.2 Å². The first-order valence-electron chi connectivity index (χ1n) is 6.88. The van der Waals surface area contributed by atoms with E-state index in [1.807, 2.05) is 0 Å². The van der Waals surface area contributed by atoms with Crippen LogP contribution in [0.5, 0.6) is 0 Å². The Bertz CT molecular complexity index is 367. The van der Waals surface area contributed by atoms with Crippen LogP contribution in [-0.2, 0) is 6.54 Å². The van der Waals surface area contributed by atoms with E-state index in [-0.39, 0.29) is 0 Å². The van der Waals surface area contributed by atoms with Gasteiger partial charge in [0.05, 0.1) is 5.84 Å². The lowest BCUT2D eigenvalue weighted by Gasteiger charge is -2.36. The number of benzene rings is 1. The van der Waals surface area contributed by atoms with Crippen molar-refractivity contribution < 1.29 is 0 Å². The maximum atomic E-state index is 7.98. The molecule has 3 heteroatoms. The minimum absolute atomic E-state index is 0.817. The Kier molecular flexibility index (Phi) is 4.76. The topological polar surface area (TPSA) is 30.3 Å². The first kappa shape index (κ1) is 13.1. The maximum absolute atomic E-state index is 7.98. The molecule has 1 heterocycles. The standard InChI is InChI=1S/C15H23N3/c1-2-6-15(16)18-11-9-17(10-12-18)13-14-7-4-3-5-8-14/h3-5,7-8,16H,2,6,9-13H2,1H3. The van der Waals surface area contributed by atoms with Crippen molar-refractivity contribution in [1.82, 2.24) is 9.80 Å². The highest BCUT2D eigenvalue weighted by Gasteiger charge is 2.18. The Morgan fingerprint density at radius 3 is 2.39 bits per heavy atom. The second-order valence-corrected chi connectivity index (χ2v) is 4.95. The quantitative estimate of drug-likeness (QED) is 0.653. The average molecular weight is 245 g/mol. The number of amidine groups is 1. The monoisotopic (exact) mass is 245 g/mol. The zero-order chi connectivity index (χ0) is 12.8. The summed E-state index contributed by atoms with van der Waals surface area (Å²) in [6, 6.07) is 10.6. The molecule has 0 aliphatic carbocycles. The van der Waals surface area contributed by atoms with E-state index in [2.05, 4.69) is 47.1 Å². The molecule has 0 saturated carbocycles. The van der Waals surface area contributed by atoms with Crippen LogP contribution in [0, 0.1) is 5.41 Å². The van der Waals surface area contributed by atoms with Gasteiger partial charge in [-0.05, 0) is 12.0 Å². The highest BCUT2D eigenvalue weighted by atomic mass is 15.3. The molecule has 0 spiro atoms. The molecule has 1 aromatic rings. The first-order valence-corrected chi connectivity index (χ1v) is 6.88. The van der Waals surface area contributed by atoms with Crippen LogP contribution in [0.3, 0.4) is 0 Å². The minimum atomic E-state index is 0.817. The second-order valence-electron chi connectivity index (χ2n) is 4.95. The molecule has 0 unspecified atom stereocenters. The van der Waals surface area contributed by atoms with Gasteiger partial charge in [0.2, 0.25) is 0 Å².